The quantitative estimate of drug-likeness (QED) is 0.716. The summed E-state index contributed by atoms with van der Waals surface area (Å²) in [6, 6.07) is 15.8. The average molecular weight is 246 g/mol. The summed E-state index contributed by atoms with van der Waals surface area (Å²) in [7, 11) is 0. The fourth-order valence-corrected chi connectivity index (χ4v) is 1.82. The summed E-state index contributed by atoms with van der Waals surface area (Å²) in [6.45, 7) is 0. The molecule has 0 spiro atoms. The molecule has 4 heteroatoms. The summed E-state index contributed by atoms with van der Waals surface area (Å²) in [5, 5.41) is 0. The third kappa shape index (κ3) is 1.85. The number of halogens is 1. The number of nitrogens with two attached hydrogens (primary N) is 1. The van der Waals surface area contributed by atoms with Crippen LogP contribution in [0, 0.1) is 0 Å². The monoisotopic (exact) mass is 245 g/mol. The molecule has 0 unspecified atom stereocenters. The first kappa shape index (κ1) is 11.5. The maximum Gasteiger partial charge on any atom is 0.139 e. The van der Waals surface area contributed by atoms with E-state index in [9.17, 15) is 0 Å². The van der Waals surface area contributed by atoms with Crippen molar-refractivity contribution in [1.82, 2.24) is 9.38 Å². The molecule has 0 bridgehead atoms. The van der Waals surface area contributed by atoms with Crippen LogP contribution < -0.4 is 5.73 Å². The van der Waals surface area contributed by atoms with Crippen molar-refractivity contribution in [2.45, 2.75) is 0 Å². The first-order chi connectivity index (χ1) is 7.86. The van der Waals surface area contributed by atoms with Crippen molar-refractivity contribution in [3.8, 4) is 11.3 Å². The summed E-state index contributed by atoms with van der Waals surface area (Å²) >= 11 is 0. The molecule has 1 aromatic carbocycles. The normalized spacial score (nSPS) is 10.1. The topological polar surface area (TPSA) is 43.3 Å². The summed E-state index contributed by atoms with van der Waals surface area (Å²) in [6.07, 6.45) is 1.92. The number of aromatic nitrogens is 2. The van der Waals surface area contributed by atoms with Crippen LogP contribution >= 0.6 is 12.4 Å². The number of fused-ring (bicyclic) bond motifs is 1. The Bertz CT molecular complexity index is 631. The summed E-state index contributed by atoms with van der Waals surface area (Å²) in [4.78, 5) is 4.52. The molecule has 0 fully saturated rings. The minimum atomic E-state index is 0. The predicted molar refractivity (Wildman–Crippen MR) is 72.3 cm³/mol. The SMILES string of the molecule is Cl.Nc1c(-c2ccccc2)nc2ccccn12. The van der Waals surface area contributed by atoms with Gasteiger partial charge in [0.05, 0.1) is 0 Å². The number of hydrogen-bond acceptors (Lipinski definition) is 2. The molecule has 2 heterocycles. The highest BCUT2D eigenvalue weighted by Crippen LogP contribution is 2.25. The smallest absolute Gasteiger partial charge is 0.139 e. The maximum absolute atomic E-state index is 6.07. The van der Waals surface area contributed by atoms with Crippen LogP contribution in [0.4, 0.5) is 5.82 Å². The fraction of sp³-hybridized carbons (Fsp3) is 0. The summed E-state index contributed by atoms with van der Waals surface area (Å²) in [5.41, 5.74) is 8.83. The van der Waals surface area contributed by atoms with E-state index in [1.54, 1.807) is 0 Å². The van der Waals surface area contributed by atoms with Crippen molar-refractivity contribution in [3.05, 3.63) is 54.7 Å². The Labute approximate surface area is 105 Å². The largest absolute Gasteiger partial charge is 0.383 e. The third-order valence-electron chi connectivity index (χ3n) is 2.61. The Morgan fingerprint density at radius 1 is 0.941 bits per heavy atom. The number of rotatable bonds is 1. The van der Waals surface area contributed by atoms with E-state index in [1.165, 1.54) is 0 Å². The van der Waals surface area contributed by atoms with Crippen LogP contribution in [0.3, 0.4) is 0 Å². The average Bonchev–Trinajstić information content (AvgIpc) is 2.69. The Morgan fingerprint density at radius 3 is 2.35 bits per heavy atom. The molecule has 0 radical (unpaired) electrons. The number of hydrogen-bond donors (Lipinski definition) is 1. The second-order valence-corrected chi connectivity index (χ2v) is 3.64. The van der Waals surface area contributed by atoms with Gasteiger partial charge in [0.1, 0.15) is 17.2 Å². The van der Waals surface area contributed by atoms with E-state index in [4.69, 9.17) is 5.73 Å². The number of benzene rings is 1. The van der Waals surface area contributed by atoms with E-state index in [-0.39, 0.29) is 12.4 Å². The zero-order chi connectivity index (χ0) is 11.0. The van der Waals surface area contributed by atoms with Crippen molar-refractivity contribution in [3.63, 3.8) is 0 Å². The highest BCUT2D eigenvalue weighted by Gasteiger charge is 2.09. The van der Waals surface area contributed by atoms with Gasteiger partial charge in [0.2, 0.25) is 0 Å². The molecule has 2 N–H and O–H groups in total. The Hall–Kier alpha value is -2.00. The van der Waals surface area contributed by atoms with Crippen molar-refractivity contribution in [1.29, 1.82) is 0 Å². The van der Waals surface area contributed by atoms with Crippen molar-refractivity contribution in [2.24, 2.45) is 0 Å². The Morgan fingerprint density at radius 2 is 1.65 bits per heavy atom. The first-order valence-electron chi connectivity index (χ1n) is 5.14. The Balaban J connectivity index is 0.00000108. The number of anilines is 1. The lowest BCUT2D eigenvalue weighted by Crippen LogP contribution is -1.93. The molecular weight excluding hydrogens is 234 g/mol. The number of nitrogens with zero attached hydrogens (tertiary/aromatic N) is 2. The van der Waals surface area contributed by atoms with E-state index >= 15 is 0 Å². The second-order valence-electron chi connectivity index (χ2n) is 3.64. The van der Waals surface area contributed by atoms with Crippen LogP contribution in [0.1, 0.15) is 0 Å². The van der Waals surface area contributed by atoms with E-state index in [2.05, 4.69) is 4.98 Å². The van der Waals surface area contributed by atoms with Gasteiger partial charge in [-0.25, -0.2) is 4.98 Å². The van der Waals surface area contributed by atoms with Crippen LogP contribution in [0.25, 0.3) is 16.9 Å². The number of pyridine rings is 1. The Kier molecular flexibility index (Phi) is 3.02. The minimum absolute atomic E-state index is 0. The van der Waals surface area contributed by atoms with Crippen LogP contribution in [0.2, 0.25) is 0 Å². The van der Waals surface area contributed by atoms with Gasteiger partial charge >= 0.3 is 0 Å². The molecule has 3 rings (SSSR count). The molecule has 0 aliphatic heterocycles. The van der Waals surface area contributed by atoms with Gasteiger partial charge in [-0.3, -0.25) is 4.40 Å². The third-order valence-corrected chi connectivity index (χ3v) is 2.61. The molecular formula is C13H12ClN3. The van der Waals surface area contributed by atoms with Crippen molar-refractivity contribution >= 4 is 23.9 Å². The van der Waals surface area contributed by atoms with E-state index in [1.807, 2.05) is 59.1 Å². The molecule has 3 aromatic rings. The van der Waals surface area contributed by atoms with Gasteiger partial charge in [-0.2, -0.15) is 0 Å². The van der Waals surface area contributed by atoms with Gasteiger partial charge in [-0.05, 0) is 12.1 Å². The number of imidazole rings is 1. The van der Waals surface area contributed by atoms with Gasteiger partial charge in [0.25, 0.3) is 0 Å². The van der Waals surface area contributed by atoms with Crippen molar-refractivity contribution in [2.75, 3.05) is 5.73 Å². The van der Waals surface area contributed by atoms with Gasteiger partial charge in [0, 0.05) is 11.8 Å². The molecule has 2 aromatic heterocycles. The molecule has 0 aliphatic rings. The van der Waals surface area contributed by atoms with E-state index in [0.717, 1.165) is 16.9 Å². The van der Waals surface area contributed by atoms with Crippen LogP contribution in [0.15, 0.2) is 54.7 Å². The van der Waals surface area contributed by atoms with Crippen LogP contribution in [0.5, 0.6) is 0 Å². The number of nitrogen functional groups attached to an aromatic ring is 1. The zero-order valence-electron chi connectivity index (χ0n) is 9.08. The van der Waals surface area contributed by atoms with Gasteiger partial charge in [-0.1, -0.05) is 36.4 Å². The highest BCUT2D eigenvalue weighted by atomic mass is 35.5. The molecule has 0 aliphatic carbocycles. The van der Waals surface area contributed by atoms with Gasteiger partial charge < -0.3 is 5.73 Å². The van der Waals surface area contributed by atoms with E-state index in [0.29, 0.717) is 5.82 Å². The lowest BCUT2D eigenvalue weighted by Gasteiger charge is -1.98. The molecule has 86 valence electrons. The summed E-state index contributed by atoms with van der Waals surface area (Å²) < 4.78 is 1.89. The van der Waals surface area contributed by atoms with Gasteiger partial charge in [0.15, 0.2) is 0 Å². The highest BCUT2D eigenvalue weighted by molar-refractivity contribution is 5.85. The van der Waals surface area contributed by atoms with Crippen LogP contribution in [-0.2, 0) is 0 Å². The van der Waals surface area contributed by atoms with Crippen molar-refractivity contribution < 1.29 is 0 Å². The fourth-order valence-electron chi connectivity index (χ4n) is 1.82. The van der Waals surface area contributed by atoms with Gasteiger partial charge in [-0.15, -0.1) is 12.4 Å². The van der Waals surface area contributed by atoms with E-state index < -0.39 is 0 Å². The molecule has 0 atom stereocenters. The lowest BCUT2D eigenvalue weighted by molar-refractivity contribution is 1.20. The maximum atomic E-state index is 6.07. The molecule has 0 saturated heterocycles. The standard InChI is InChI=1S/C13H11N3.ClH/c14-13-12(10-6-2-1-3-7-10)15-11-8-4-5-9-16(11)13;/h1-9H,14H2;1H. The first-order valence-corrected chi connectivity index (χ1v) is 5.14. The zero-order valence-corrected chi connectivity index (χ0v) is 9.89. The predicted octanol–water partition coefficient (Wildman–Crippen LogP) is 3.01. The minimum Gasteiger partial charge on any atom is -0.383 e. The lowest BCUT2D eigenvalue weighted by atomic mass is 10.1. The molecule has 0 saturated carbocycles. The second kappa shape index (κ2) is 4.47. The molecule has 0 amide bonds. The molecule has 3 nitrogen and oxygen atoms in total. The summed E-state index contributed by atoms with van der Waals surface area (Å²) in [5.74, 6) is 0.682. The molecule has 17 heavy (non-hydrogen) atoms. The van der Waals surface area contributed by atoms with Crippen LogP contribution in [-0.4, -0.2) is 9.38 Å².